The lowest BCUT2D eigenvalue weighted by molar-refractivity contribution is 0.581. The lowest BCUT2D eigenvalue weighted by atomic mass is 10.1. The summed E-state index contributed by atoms with van der Waals surface area (Å²) in [6.45, 7) is 3.64. The summed E-state index contributed by atoms with van der Waals surface area (Å²) in [5.41, 5.74) is 3.93. The van der Waals surface area contributed by atoms with Crippen LogP contribution < -0.4 is 10.0 Å². The lowest BCUT2D eigenvalue weighted by Crippen LogP contribution is -2.23. The molecule has 0 unspecified atom stereocenters. The summed E-state index contributed by atoms with van der Waals surface area (Å²) < 4.78 is 29.0. The second-order valence-corrected chi connectivity index (χ2v) is 7.04. The van der Waals surface area contributed by atoms with Crippen LogP contribution >= 0.6 is 0 Å². The number of rotatable bonds is 4. The first-order valence-electron chi connectivity index (χ1n) is 6.77. The van der Waals surface area contributed by atoms with Gasteiger partial charge in [-0.2, -0.15) is 5.10 Å². The second kappa shape index (κ2) is 5.25. The summed E-state index contributed by atoms with van der Waals surface area (Å²) in [6, 6.07) is 5.28. The Morgan fingerprint density at radius 3 is 2.81 bits per heavy atom. The molecule has 7 heteroatoms. The van der Waals surface area contributed by atoms with Gasteiger partial charge in [-0.05, 0) is 30.2 Å². The highest BCUT2D eigenvalue weighted by Gasteiger charge is 2.18. The van der Waals surface area contributed by atoms with Crippen molar-refractivity contribution in [2.24, 2.45) is 7.05 Å². The maximum atomic E-state index is 12.4. The molecule has 0 fully saturated rings. The van der Waals surface area contributed by atoms with E-state index in [4.69, 9.17) is 0 Å². The van der Waals surface area contributed by atoms with Gasteiger partial charge in [-0.25, -0.2) is 13.1 Å². The monoisotopic (exact) mass is 306 g/mol. The Kier molecular flexibility index (Phi) is 3.56. The van der Waals surface area contributed by atoms with Gasteiger partial charge in [0, 0.05) is 38.4 Å². The molecule has 0 bridgehead atoms. The first-order chi connectivity index (χ1) is 9.95. The average Bonchev–Trinajstić information content (AvgIpc) is 3.01. The predicted octanol–water partition coefficient (Wildman–Crippen LogP) is 0.810. The van der Waals surface area contributed by atoms with Gasteiger partial charge in [0.1, 0.15) is 0 Å². The largest absolute Gasteiger partial charge is 0.309 e. The molecule has 21 heavy (non-hydrogen) atoms. The first kappa shape index (κ1) is 14.2. The van der Waals surface area contributed by atoms with Crippen molar-refractivity contribution in [2.75, 3.05) is 0 Å². The summed E-state index contributed by atoms with van der Waals surface area (Å²) in [5.74, 6) is 0. The van der Waals surface area contributed by atoms with Crippen molar-refractivity contribution in [3.8, 4) is 0 Å². The fourth-order valence-corrected chi connectivity index (χ4v) is 3.57. The van der Waals surface area contributed by atoms with E-state index in [2.05, 4.69) is 15.1 Å². The van der Waals surface area contributed by atoms with Gasteiger partial charge in [0.05, 0.1) is 10.6 Å². The van der Waals surface area contributed by atoms with Crippen LogP contribution in [0.5, 0.6) is 0 Å². The van der Waals surface area contributed by atoms with Crippen molar-refractivity contribution < 1.29 is 8.42 Å². The molecular formula is C14H18N4O2S. The van der Waals surface area contributed by atoms with Crippen molar-refractivity contribution in [3.05, 3.63) is 46.8 Å². The Morgan fingerprint density at radius 1 is 1.33 bits per heavy atom. The summed E-state index contributed by atoms with van der Waals surface area (Å²) in [4.78, 5) is 0.312. The number of aryl methyl sites for hydroxylation is 2. The molecular weight excluding hydrogens is 288 g/mol. The fourth-order valence-electron chi connectivity index (χ4n) is 2.52. The second-order valence-electron chi connectivity index (χ2n) is 5.27. The quantitative estimate of drug-likeness (QED) is 0.876. The molecule has 2 heterocycles. The van der Waals surface area contributed by atoms with Gasteiger partial charge in [-0.3, -0.25) is 4.68 Å². The number of nitrogens with zero attached hydrogens (tertiary/aromatic N) is 2. The van der Waals surface area contributed by atoms with Gasteiger partial charge in [-0.1, -0.05) is 6.07 Å². The third kappa shape index (κ3) is 2.85. The van der Waals surface area contributed by atoms with Crippen LogP contribution in [0.25, 0.3) is 0 Å². The molecule has 112 valence electrons. The highest BCUT2D eigenvalue weighted by atomic mass is 32.2. The summed E-state index contributed by atoms with van der Waals surface area (Å²) in [7, 11) is -1.68. The molecule has 1 aromatic heterocycles. The number of benzene rings is 1. The van der Waals surface area contributed by atoms with Crippen molar-refractivity contribution >= 4 is 10.0 Å². The van der Waals surface area contributed by atoms with Gasteiger partial charge in [-0.15, -0.1) is 0 Å². The number of nitrogens with one attached hydrogen (secondary N) is 2. The highest BCUT2D eigenvalue weighted by molar-refractivity contribution is 7.89. The summed E-state index contributed by atoms with van der Waals surface area (Å²) in [5, 5.41) is 7.41. The molecule has 1 aliphatic heterocycles. The zero-order chi connectivity index (χ0) is 15.0. The van der Waals surface area contributed by atoms with E-state index >= 15 is 0 Å². The van der Waals surface area contributed by atoms with E-state index in [0.717, 1.165) is 35.5 Å². The Balaban J connectivity index is 1.79. The molecule has 0 radical (unpaired) electrons. The molecule has 0 amide bonds. The number of sulfonamides is 1. The van der Waals surface area contributed by atoms with Crippen molar-refractivity contribution in [1.29, 1.82) is 0 Å². The summed E-state index contributed by atoms with van der Waals surface area (Å²) >= 11 is 0. The first-order valence-corrected chi connectivity index (χ1v) is 8.25. The Hall–Kier alpha value is -1.70. The van der Waals surface area contributed by atoms with Crippen LogP contribution in [0.1, 0.15) is 22.4 Å². The number of fused-ring (bicyclic) bond motifs is 1. The third-order valence-corrected chi connectivity index (χ3v) is 5.09. The zero-order valence-corrected chi connectivity index (χ0v) is 12.9. The SMILES string of the molecule is Cc1nn(C)cc1CNS(=O)(=O)c1ccc2c(c1)CNC2. The van der Waals surface area contributed by atoms with Gasteiger partial charge in [0.2, 0.25) is 10.0 Å². The smallest absolute Gasteiger partial charge is 0.240 e. The van der Waals surface area contributed by atoms with E-state index in [1.807, 2.05) is 26.2 Å². The highest BCUT2D eigenvalue weighted by Crippen LogP contribution is 2.20. The summed E-state index contributed by atoms with van der Waals surface area (Å²) in [6.07, 6.45) is 1.82. The van der Waals surface area contributed by atoms with E-state index in [1.165, 1.54) is 0 Å². The normalized spacial score (nSPS) is 14.4. The van der Waals surface area contributed by atoms with Gasteiger partial charge < -0.3 is 5.32 Å². The molecule has 0 saturated heterocycles. The maximum Gasteiger partial charge on any atom is 0.240 e. The van der Waals surface area contributed by atoms with Crippen LogP contribution in [-0.4, -0.2) is 18.2 Å². The molecule has 1 aliphatic rings. The number of aromatic nitrogens is 2. The number of hydrogen-bond acceptors (Lipinski definition) is 4. The standard InChI is InChI=1S/C14H18N4O2S/c1-10-13(9-18(2)17-10)8-16-21(19,20)14-4-3-11-6-15-7-12(11)5-14/h3-5,9,15-16H,6-8H2,1-2H3. The molecule has 0 atom stereocenters. The van der Waals surface area contributed by atoms with Crippen LogP contribution in [0.2, 0.25) is 0 Å². The predicted molar refractivity (Wildman–Crippen MR) is 79.0 cm³/mol. The van der Waals surface area contributed by atoms with Crippen LogP contribution in [0.15, 0.2) is 29.3 Å². The van der Waals surface area contributed by atoms with E-state index in [9.17, 15) is 8.42 Å². The van der Waals surface area contributed by atoms with Gasteiger partial charge in [0.25, 0.3) is 0 Å². The number of hydrogen-bond donors (Lipinski definition) is 2. The Morgan fingerprint density at radius 2 is 2.10 bits per heavy atom. The molecule has 0 saturated carbocycles. The van der Waals surface area contributed by atoms with Crippen molar-refractivity contribution in [2.45, 2.75) is 31.5 Å². The lowest BCUT2D eigenvalue weighted by Gasteiger charge is -2.08. The fraction of sp³-hybridized carbons (Fsp3) is 0.357. The minimum atomic E-state index is -3.50. The molecule has 0 spiro atoms. The average molecular weight is 306 g/mol. The minimum Gasteiger partial charge on any atom is -0.309 e. The van der Waals surface area contributed by atoms with Crippen LogP contribution in [0.4, 0.5) is 0 Å². The Labute approximate surface area is 124 Å². The molecule has 2 aromatic rings. The molecule has 3 rings (SSSR count). The topological polar surface area (TPSA) is 76.0 Å². The molecule has 0 aliphatic carbocycles. The van der Waals surface area contributed by atoms with Gasteiger partial charge in [0.15, 0.2) is 0 Å². The zero-order valence-electron chi connectivity index (χ0n) is 12.0. The van der Waals surface area contributed by atoms with E-state index in [1.54, 1.807) is 16.8 Å². The minimum absolute atomic E-state index is 0.247. The van der Waals surface area contributed by atoms with Gasteiger partial charge >= 0.3 is 0 Å². The third-order valence-electron chi connectivity index (χ3n) is 3.69. The van der Waals surface area contributed by atoms with Crippen LogP contribution in [-0.2, 0) is 36.7 Å². The Bertz CT molecular complexity index is 780. The van der Waals surface area contributed by atoms with Crippen LogP contribution in [0.3, 0.4) is 0 Å². The van der Waals surface area contributed by atoms with Crippen molar-refractivity contribution in [3.63, 3.8) is 0 Å². The van der Waals surface area contributed by atoms with Crippen molar-refractivity contribution in [1.82, 2.24) is 19.8 Å². The molecule has 6 nitrogen and oxygen atoms in total. The van der Waals surface area contributed by atoms with Crippen LogP contribution in [0, 0.1) is 6.92 Å². The van der Waals surface area contributed by atoms with E-state index in [-0.39, 0.29) is 6.54 Å². The molecule has 1 aromatic carbocycles. The van der Waals surface area contributed by atoms with E-state index in [0.29, 0.717) is 4.90 Å². The van der Waals surface area contributed by atoms with E-state index < -0.39 is 10.0 Å². The maximum absolute atomic E-state index is 12.4. The molecule has 2 N–H and O–H groups in total.